The Hall–Kier alpha value is -3.02. The van der Waals surface area contributed by atoms with Crippen LogP contribution in [0.25, 0.3) is 0 Å². The van der Waals surface area contributed by atoms with Crippen LogP contribution in [0.2, 0.25) is 0 Å². The zero-order valence-electron chi connectivity index (χ0n) is 15.4. The van der Waals surface area contributed by atoms with E-state index >= 15 is 0 Å². The Morgan fingerprint density at radius 3 is 2.44 bits per heavy atom. The number of nitrogens with one attached hydrogen (secondary N) is 1. The summed E-state index contributed by atoms with van der Waals surface area (Å²) in [5, 5.41) is 12.4. The molecule has 1 saturated carbocycles. The third kappa shape index (κ3) is 3.89. The Kier molecular flexibility index (Phi) is 5.35. The molecule has 0 saturated heterocycles. The molecule has 0 bridgehead atoms. The predicted molar refractivity (Wildman–Crippen MR) is 100 cm³/mol. The molecule has 2 aromatic carbocycles. The monoisotopic (exact) mass is 369 g/mol. The van der Waals surface area contributed by atoms with Crippen molar-refractivity contribution in [1.82, 2.24) is 5.32 Å². The van der Waals surface area contributed by atoms with E-state index in [4.69, 9.17) is 9.47 Å². The fourth-order valence-electron chi connectivity index (χ4n) is 3.38. The number of ether oxygens (including phenoxy) is 2. The topological polar surface area (TPSA) is 84.9 Å². The molecule has 0 aliphatic heterocycles. The van der Waals surface area contributed by atoms with Crippen LogP contribution in [0.5, 0.6) is 11.5 Å². The van der Waals surface area contributed by atoms with Crippen molar-refractivity contribution in [2.45, 2.75) is 30.7 Å². The first-order valence-electron chi connectivity index (χ1n) is 8.80. The van der Waals surface area contributed by atoms with Crippen molar-refractivity contribution < 1.29 is 24.2 Å². The number of amides is 1. The van der Waals surface area contributed by atoms with Gasteiger partial charge >= 0.3 is 5.97 Å². The zero-order chi connectivity index (χ0) is 19.4. The number of methoxy groups -OCH3 is 2. The van der Waals surface area contributed by atoms with Gasteiger partial charge in [-0.05, 0) is 36.1 Å². The summed E-state index contributed by atoms with van der Waals surface area (Å²) in [5.41, 5.74) is 0.651. The second-order valence-corrected chi connectivity index (χ2v) is 6.68. The first kappa shape index (κ1) is 18.8. The Morgan fingerprint density at radius 2 is 1.81 bits per heavy atom. The lowest BCUT2D eigenvalue weighted by Crippen LogP contribution is -2.44. The van der Waals surface area contributed by atoms with Crippen LogP contribution in [-0.2, 0) is 16.0 Å². The number of hydrogen-bond acceptors (Lipinski definition) is 4. The predicted octanol–water partition coefficient (Wildman–Crippen LogP) is 2.76. The van der Waals surface area contributed by atoms with Gasteiger partial charge in [-0.2, -0.15) is 0 Å². The third-order valence-corrected chi connectivity index (χ3v) is 5.00. The first-order chi connectivity index (χ1) is 13.0. The average Bonchev–Trinajstić information content (AvgIpc) is 3.42. The molecule has 1 aliphatic rings. The standard InChI is InChI=1S/C21H23NO5/c1-26-17-10-8-14(12-18(17)27-2)9-11-19(23)22-21(20(24)25)13-16(21)15-6-4-3-5-7-15/h3-8,10,12,16H,9,11,13H2,1-2H3,(H,22,23)(H,24,25). The van der Waals surface area contributed by atoms with E-state index in [0.717, 1.165) is 11.1 Å². The van der Waals surface area contributed by atoms with E-state index < -0.39 is 11.5 Å². The lowest BCUT2D eigenvalue weighted by atomic mass is 10.1. The number of benzene rings is 2. The van der Waals surface area contributed by atoms with Gasteiger partial charge in [0.1, 0.15) is 5.54 Å². The van der Waals surface area contributed by atoms with Crippen molar-refractivity contribution in [2.24, 2.45) is 0 Å². The molecule has 142 valence electrons. The maximum Gasteiger partial charge on any atom is 0.330 e. The van der Waals surface area contributed by atoms with Gasteiger partial charge in [-0.25, -0.2) is 4.79 Å². The molecule has 2 N–H and O–H groups in total. The molecule has 1 aliphatic carbocycles. The molecule has 1 fully saturated rings. The quantitative estimate of drug-likeness (QED) is 0.747. The number of carboxylic acids is 1. The fourth-order valence-corrected chi connectivity index (χ4v) is 3.38. The molecule has 2 unspecified atom stereocenters. The lowest BCUT2D eigenvalue weighted by molar-refractivity contribution is -0.143. The normalized spacial score (nSPS) is 20.6. The minimum absolute atomic E-state index is 0.193. The Morgan fingerprint density at radius 1 is 1.11 bits per heavy atom. The van der Waals surface area contributed by atoms with Crippen LogP contribution in [0.3, 0.4) is 0 Å². The SMILES string of the molecule is COc1ccc(CCC(=O)NC2(C(=O)O)CC2c2ccccc2)cc1OC. The largest absolute Gasteiger partial charge is 0.493 e. The van der Waals surface area contributed by atoms with Crippen molar-refractivity contribution in [3.05, 3.63) is 59.7 Å². The van der Waals surface area contributed by atoms with Crippen molar-refractivity contribution in [1.29, 1.82) is 0 Å². The molecule has 6 nitrogen and oxygen atoms in total. The Balaban J connectivity index is 1.62. The minimum atomic E-state index is -1.20. The van der Waals surface area contributed by atoms with Crippen LogP contribution in [-0.4, -0.2) is 36.7 Å². The van der Waals surface area contributed by atoms with Gasteiger partial charge in [0.25, 0.3) is 0 Å². The van der Waals surface area contributed by atoms with E-state index in [1.807, 2.05) is 42.5 Å². The molecule has 3 rings (SSSR count). The molecule has 2 atom stereocenters. The second-order valence-electron chi connectivity index (χ2n) is 6.68. The van der Waals surface area contributed by atoms with Crippen LogP contribution < -0.4 is 14.8 Å². The summed E-state index contributed by atoms with van der Waals surface area (Å²) in [6, 6.07) is 14.9. The summed E-state index contributed by atoms with van der Waals surface area (Å²) in [6.45, 7) is 0. The van der Waals surface area contributed by atoms with Crippen molar-refractivity contribution in [2.75, 3.05) is 14.2 Å². The van der Waals surface area contributed by atoms with Crippen molar-refractivity contribution in [3.63, 3.8) is 0 Å². The third-order valence-electron chi connectivity index (χ3n) is 5.00. The molecule has 0 radical (unpaired) electrons. The molecular formula is C21H23NO5. The minimum Gasteiger partial charge on any atom is -0.493 e. The Bertz CT molecular complexity index is 836. The van der Waals surface area contributed by atoms with Gasteiger partial charge in [-0.1, -0.05) is 36.4 Å². The van der Waals surface area contributed by atoms with Crippen LogP contribution in [0, 0.1) is 0 Å². The average molecular weight is 369 g/mol. The van der Waals surface area contributed by atoms with Gasteiger partial charge in [-0.3, -0.25) is 4.79 Å². The van der Waals surface area contributed by atoms with Gasteiger partial charge < -0.3 is 19.9 Å². The molecule has 6 heteroatoms. The van der Waals surface area contributed by atoms with E-state index in [0.29, 0.717) is 24.3 Å². The van der Waals surface area contributed by atoms with Crippen molar-refractivity contribution >= 4 is 11.9 Å². The number of aliphatic carboxylic acids is 1. The molecule has 0 spiro atoms. The highest BCUT2D eigenvalue weighted by atomic mass is 16.5. The zero-order valence-corrected chi connectivity index (χ0v) is 15.4. The summed E-state index contributed by atoms with van der Waals surface area (Å²) < 4.78 is 10.5. The van der Waals surface area contributed by atoms with Crippen LogP contribution in [0.1, 0.15) is 29.9 Å². The summed E-state index contributed by atoms with van der Waals surface area (Å²) in [7, 11) is 3.12. The number of rotatable bonds is 8. The summed E-state index contributed by atoms with van der Waals surface area (Å²) in [4.78, 5) is 24.2. The smallest absolute Gasteiger partial charge is 0.330 e. The number of carbonyl (C=O) groups is 2. The van der Waals surface area contributed by atoms with Gasteiger partial charge in [0.15, 0.2) is 11.5 Å². The van der Waals surface area contributed by atoms with Gasteiger partial charge in [0, 0.05) is 12.3 Å². The molecule has 0 heterocycles. The number of aryl methyl sites for hydroxylation is 1. The van der Waals surface area contributed by atoms with Gasteiger partial charge in [0.2, 0.25) is 5.91 Å². The van der Waals surface area contributed by atoms with E-state index in [2.05, 4.69) is 5.32 Å². The second kappa shape index (κ2) is 7.70. The first-order valence-corrected chi connectivity index (χ1v) is 8.80. The number of hydrogen-bond donors (Lipinski definition) is 2. The number of carboxylic acid groups (broad SMARTS) is 1. The van der Waals surface area contributed by atoms with Crippen LogP contribution in [0.4, 0.5) is 0 Å². The van der Waals surface area contributed by atoms with E-state index in [1.54, 1.807) is 20.3 Å². The van der Waals surface area contributed by atoms with Gasteiger partial charge in [0.05, 0.1) is 14.2 Å². The summed E-state index contributed by atoms with van der Waals surface area (Å²) in [6.07, 6.45) is 1.10. The molecule has 27 heavy (non-hydrogen) atoms. The molecule has 2 aromatic rings. The highest BCUT2D eigenvalue weighted by Crippen LogP contribution is 2.51. The van der Waals surface area contributed by atoms with E-state index in [-0.39, 0.29) is 18.2 Å². The fraction of sp³-hybridized carbons (Fsp3) is 0.333. The summed E-state index contributed by atoms with van der Waals surface area (Å²) >= 11 is 0. The van der Waals surface area contributed by atoms with Crippen LogP contribution >= 0.6 is 0 Å². The molecule has 0 aromatic heterocycles. The van der Waals surface area contributed by atoms with Gasteiger partial charge in [-0.15, -0.1) is 0 Å². The number of carbonyl (C=O) groups excluding carboxylic acids is 1. The van der Waals surface area contributed by atoms with E-state index in [9.17, 15) is 14.7 Å². The highest BCUT2D eigenvalue weighted by Gasteiger charge is 2.62. The molecule has 1 amide bonds. The lowest BCUT2D eigenvalue weighted by Gasteiger charge is -2.15. The summed E-state index contributed by atoms with van der Waals surface area (Å²) in [5.74, 6) is -0.231. The highest BCUT2D eigenvalue weighted by molar-refractivity contribution is 5.91. The molecular weight excluding hydrogens is 346 g/mol. The van der Waals surface area contributed by atoms with Crippen LogP contribution in [0.15, 0.2) is 48.5 Å². The van der Waals surface area contributed by atoms with E-state index in [1.165, 1.54) is 0 Å². The maximum atomic E-state index is 12.4. The van der Waals surface area contributed by atoms with Crippen molar-refractivity contribution in [3.8, 4) is 11.5 Å². The maximum absolute atomic E-state index is 12.4. The Labute approximate surface area is 158 Å².